The molecule has 0 rings (SSSR count). The Balaban J connectivity index is 3.69. The molecule has 11 nitrogen and oxygen atoms in total. The van der Waals surface area contributed by atoms with Crippen molar-refractivity contribution in [2.75, 3.05) is 19.8 Å². The molecule has 422 valence electrons. The van der Waals surface area contributed by atoms with Crippen LogP contribution >= 0.6 is 7.82 Å². The highest BCUT2D eigenvalue weighted by Gasteiger charge is 2.28. The molecule has 0 aliphatic rings. The van der Waals surface area contributed by atoms with Gasteiger partial charge in [0.05, 0.1) is 13.2 Å². The highest BCUT2D eigenvalue weighted by Crippen LogP contribution is 2.43. The molecule has 0 saturated carbocycles. The van der Waals surface area contributed by atoms with E-state index in [1.807, 2.05) is 0 Å². The number of amides is 1. The number of carboxylic acid groups (broad SMARTS) is 1. The molecule has 3 unspecified atom stereocenters. The molecule has 0 fully saturated rings. The van der Waals surface area contributed by atoms with Gasteiger partial charge in [-0.3, -0.25) is 18.6 Å². The van der Waals surface area contributed by atoms with E-state index in [4.69, 9.17) is 13.8 Å². The molecule has 0 aromatic rings. The van der Waals surface area contributed by atoms with Crippen LogP contribution in [0.3, 0.4) is 0 Å². The fourth-order valence-electron chi connectivity index (χ4n) is 9.44. The molecule has 0 heterocycles. The van der Waals surface area contributed by atoms with Crippen molar-refractivity contribution in [1.82, 2.24) is 5.32 Å². The smallest absolute Gasteiger partial charge is 0.472 e. The first-order chi connectivity index (χ1) is 34.6. The maximum atomic E-state index is 12.4. The Morgan fingerprint density at radius 3 is 0.930 bits per heavy atom. The zero-order valence-electron chi connectivity index (χ0n) is 46.6. The minimum atomic E-state index is -4.76. The van der Waals surface area contributed by atoms with Crippen LogP contribution in [-0.4, -0.2) is 64.9 Å². The molecule has 0 radical (unpaired) electrons. The second-order valence-electron chi connectivity index (χ2n) is 21.3. The number of esters is 1. The Kier molecular flexibility index (Phi) is 53.6. The SMILES string of the molecule is CCCCCCCCCCCCCCCCCCCCCCCCCCC(=O)OCC(O)COP(=O)(O)OCC(NC(=O)CCCCCCCCCCCCCCCCCCCCCCCCC)C(=O)O. The van der Waals surface area contributed by atoms with E-state index in [0.717, 1.165) is 38.5 Å². The number of hydrogen-bond donors (Lipinski definition) is 4. The van der Waals surface area contributed by atoms with Gasteiger partial charge in [-0.2, -0.15) is 0 Å². The molecular weight excluding hydrogens is 914 g/mol. The van der Waals surface area contributed by atoms with Crippen LogP contribution in [0.15, 0.2) is 0 Å². The van der Waals surface area contributed by atoms with Gasteiger partial charge in [0, 0.05) is 12.8 Å². The third-order valence-electron chi connectivity index (χ3n) is 14.1. The maximum Gasteiger partial charge on any atom is 0.472 e. The summed E-state index contributed by atoms with van der Waals surface area (Å²) < 4.78 is 27.1. The van der Waals surface area contributed by atoms with Crippen LogP contribution in [0.2, 0.25) is 0 Å². The largest absolute Gasteiger partial charge is 0.480 e. The van der Waals surface area contributed by atoms with Crippen LogP contribution in [0.4, 0.5) is 0 Å². The minimum absolute atomic E-state index is 0.154. The van der Waals surface area contributed by atoms with E-state index in [1.54, 1.807) is 0 Å². The minimum Gasteiger partial charge on any atom is -0.480 e. The normalized spacial score (nSPS) is 13.3. The zero-order chi connectivity index (χ0) is 52.0. The molecule has 0 aromatic carbocycles. The second kappa shape index (κ2) is 54.7. The topological polar surface area (TPSA) is 169 Å². The first-order valence-electron chi connectivity index (χ1n) is 30.6. The fraction of sp³-hybridized carbons (Fsp3) is 0.949. The third-order valence-corrected chi connectivity index (χ3v) is 15.1. The van der Waals surface area contributed by atoms with Crippen LogP contribution in [0, 0.1) is 0 Å². The monoisotopic (exact) mass is 1030 g/mol. The van der Waals surface area contributed by atoms with E-state index in [9.17, 15) is 34.1 Å². The number of ether oxygens (including phenoxy) is 1. The summed E-state index contributed by atoms with van der Waals surface area (Å²) in [4.78, 5) is 46.3. The van der Waals surface area contributed by atoms with E-state index in [0.29, 0.717) is 12.8 Å². The molecule has 0 aromatic heterocycles. The van der Waals surface area contributed by atoms with Gasteiger partial charge in [0.15, 0.2) is 6.04 Å². The number of carboxylic acids is 1. The molecule has 1 amide bonds. The summed E-state index contributed by atoms with van der Waals surface area (Å²) in [5.41, 5.74) is 0. The van der Waals surface area contributed by atoms with Crippen molar-refractivity contribution < 1.29 is 47.8 Å². The third kappa shape index (κ3) is 54.6. The molecule has 0 saturated heterocycles. The number of phosphoric ester groups is 1. The van der Waals surface area contributed by atoms with Gasteiger partial charge in [0.1, 0.15) is 12.7 Å². The van der Waals surface area contributed by atoms with Crippen molar-refractivity contribution in [2.45, 2.75) is 341 Å². The molecule has 71 heavy (non-hydrogen) atoms. The van der Waals surface area contributed by atoms with Crippen molar-refractivity contribution in [3.63, 3.8) is 0 Å². The highest BCUT2D eigenvalue weighted by molar-refractivity contribution is 7.47. The van der Waals surface area contributed by atoms with Gasteiger partial charge in [0.25, 0.3) is 0 Å². The van der Waals surface area contributed by atoms with E-state index in [2.05, 4.69) is 19.2 Å². The number of phosphoric acid groups is 1. The standard InChI is InChI=1S/C59H116NO10P/c1-3-5-7-9-11-13-15-17-19-21-23-25-27-29-31-33-35-37-39-41-43-45-47-49-51-58(63)68-52-55(61)53-69-71(66,67)70-54-56(59(64)65)60-57(62)50-48-46-44-42-40-38-36-34-32-30-28-26-24-22-20-18-16-14-12-10-8-6-4-2/h55-56,61H,3-54H2,1-2H3,(H,60,62)(H,64,65)(H,66,67). The van der Waals surface area contributed by atoms with Crippen LogP contribution in [0.25, 0.3) is 0 Å². The second-order valence-corrected chi connectivity index (χ2v) is 22.7. The van der Waals surface area contributed by atoms with Crippen LogP contribution in [-0.2, 0) is 32.7 Å². The number of carbonyl (C=O) groups excluding carboxylic acids is 2. The number of aliphatic hydroxyl groups excluding tert-OH is 1. The predicted octanol–water partition coefficient (Wildman–Crippen LogP) is 17.7. The number of unbranched alkanes of at least 4 members (excludes halogenated alkanes) is 45. The molecular formula is C59H116NO10P. The summed E-state index contributed by atoms with van der Waals surface area (Å²) >= 11 is 0. The molecule has 0 spiro atoms. The summed E-state index contributed by atoms with van der Waals surface area (Å²) in [5, 5.41) is 22.0. The van der Waals surface area contributed by atoms with Crippen molar-refractivity contribution in [3.8, 4) is 0 Å². The summed E-state index contributed by atoms with van der Waals surface area (Å²) in [6.45, 7) is 2.69. The van der Waals surface area contributed by atoms with Crippen molar-refractivity contribution in [3.05, 3.63) is 0 Å². The quantitative estimate of drug-likeness (QED) is 0.0261. The number of nitrogens with one attached hydrogen (secondary N) is 1. The summed E-state index contributed by atoms with van der Waals surface area (Å²) in [5.74, 6) is -2.34. The maximum absolute atomic E-state index is 12.4. The van der Waals surface area contributed by atoms with Crippen LogP contribution in [0.5, 0.6) is 0 Å². The van der Waals surface area contributed by atoms with Crippen molar-refractivity contribution in [2.24, 2.45) is 0 Å². The van der Waals surface area contributed by atoms with Gasteiger partial charge < -0.3 is 25.2 Å². The molecule has 0 aliphatic heterocycles. The Bertz CT molecular complexity index is 1210. The van der Waals surface area contributed by atoms with E-state index in [-0.39, 0.29) is 12.8 Å². The van der Waals surface area contributed by atoms with Crippen molar-refractivity contribution >= 4 is 25.7 Å². The molecule has 0 aliphatic carbocycles. The predicted molar refractivity (Wildman–Crippen MR) is 296 cm³/mol. The van der Waals surface area contributed by atoms with Crippen molar-refractivity contribution in [1.29, 1.82) is 0 Å². The summed E-state index contributed by atoms with van der Waals surface area (Å²) in [7, 11) is -4.76. The lowest BCUT2D eigenvalue weighted by atomic mass is 10.0. The number of carbonyl (C=O) groups is 3. The average molecular weight is 1030 g/mol. The Morgan fingerprint density at radius 1 is 0.394 bits per heavy atom. The van der Waals surface area contributed by atoms with Gasteiger partial charge in [-0.15, -0.1) is 0 Å². The van der Waals surface area contributed by atoms with E-state index in [1.165, 1.54) is 250 Å². The van der Waals surface area contributed by atoms with Gasteiger partial charge in [-0.25, -0.2) is 9.36 Å². The van der Waals surface area contributed by atoms with Gasteiger partial charge in [0.2, 0.25) is 5.91 Å². The average Bonchev–Trinajstić information content (AvgIpc) is 3.35. The Morgan fingerprint density at radius 2 is 0.648 bits per heavy atom. The Hall–Kier alpha value is -1.52. The first-order valence-corrected chi connectivity index (χ1v) is 32.1. The highest BCUT2D eigenvalue weighted by atomic mass is 31.2. The van der Waals surface area contributed by atoms with Gasteiger partial charge in [-0.1, -0.05) is 303 Å². The van der Waals surface area contributed by atoms with Gasteiger partial charge >= 0.3 is 19.8 Å². The fourth-order valence-corrected chi connectivity index (χ4v) is 10.2. The lowest BCUT2D eigenvalue weighted by Crippen LogP contribution is -2.43. The number of aliphatic carboxylic acids is 1. The van der Waals surface area contributed by atoms with E-state index < -0.39 is 57.6 Å². The zero-order valence-corrected chi connectivity index (χ0v) is 47.5. The number of rotatable bonds is 59. The number of aliphatic hydroxyl groups is 1. The van der Waals surface area contributed by atoms with E-state index >= 15 is 0 Å². The summed E-state index contributed by atoms with van der Waals surface area (Å²) in [6, 6.07) is -1.54. The van der Waals surface area contributed by atoms with Gasteiger partial charge in [-0.05, 0) is 12.8 Å². The lowest BCUT2D eigenvalue weighted by molar-refractivity contribution is -0.147. The number of hydrogen-bond acceptors (Lipinski definition) is 8. The first kappa shape index (κ1) is 69.5. The lowest BCUT2D eigenvalue weighted by Gasteiger charge is -2.18. The molecule has 4 N–H and O–H groups in total. The molecule has 3 atom stereocenters. The molecule has 0 bridgehead atoms. The van der Waals surface area contributed by atoms with Crippen LogP contribution < -0.4 is 5.32 Å². The Labute approximate surface area is 437 Å². The van der Waals surface area contributed by atoms with Crippen LogP contribution in [0.1, 0.15) is 328 Å². The summed E-state index contributed by atoms with van der Waals surface area (Å²) in [6.07, 6.45) is 60.0. The molecule has 12 heteroatoms.